The van der Waals surface area contributed by atoms with Crippen LogP contribution in [0.1, 0.15) is 12.6 Å². The van der Waals surface area contributed by atoms with Crippen LogP contribution >= 0.6 is 0 Å². The van der Waals surface area contributed by atoms with E-state index in [4.69, 9.17) is 0 Å². The van der Waals surface area contributed by atoms with Gasteiger partial charge in [0.05, 0.1) is 17.5 Å². The molecule has 3 aromatic rings. The summed E-state index contributed by atoms with van der Waals surface area (Å²) in [7, 11) is 0. The minimum absolute atomic E-state index is 0.0172. The summed E-state index contributed by atoms with van der Waals surface area (Å²) >= 11 is 0. The molecule has 0 spiro atoms. The smallest absolute Gasteiger partial charge is 0.272 e. The normalized spacial score (nSPS) is 15.0. The topological polar surface area (TPSA) is 98.4 Å². The van der Waals surface area contributed by atoms with Gasteiger partial charge in [-0.15, -0.1) is 0 Å². The molecule has 160 valence electrons. The molecular formula is C23H25N5O3. The van der Waals surface area contributed by atoms with Crippen molar-refractivity contribution in [1.29, 1.82) is 0 Å². The van der Waals surface area contributed by atoms with E-state index in [1.165, 1.54) is 0 Å². The number of aromatic amines is 1. The predicted molar refractivity (Wildman–Crippen MR) is 119 cm³/mol. The van der Waals surface area contributed by atoms with E-state index in [-0.39, 0.29) is 23.8 Å². The van der Waals surface area contributed by atoms with Crippen molar-refractivity contribution < 1.29 is 9.59 Å². The highest BCUT2D eigenvalue weighted by molar-refractivity contribution is 5.91. The Labute approximate surface area is 179 Å². The highest BCUT2D eigenvalue weighted by atomic mass is 16.2. The van der Waals surface area contributed by atoms with Crippen molar-refractivity contribution in [3.05, 3.63) is 70.6 Å². The number of hydrogen-bond acceptors (Lipinski definition) is 5. The molecule has 1 fully saturated rings. The van der Waals surface area contributed by atoms with Crippen LogP contribution in [-0.4, -0.2) is 59.1 Å². The van der Waals surface area contributed by atoms with Gasteiger partial charge >= 0.3 is 0 Å². The lowest BCUT2D eigenvalue weighted by Gasteiger charge is -2.37. The van der Waals surface area contributed by atoms with Crippen LogP contribution in [0.25, 0.3) is 10.8 Å². The Morgan fingerprint density at radius 3 is 2.35 bits per heavy atom. The lowest BCUT2D eigenvalue weighted by molar-refractivity contribution is -0.136. The fourth-order valence-corrected chi connectivity index (χ4v) is 3.91. The fourth-order valence-electron chi connectivity index (χ4n) is 3.91. The molecule has 1 aliphatic heterocycles. The van der Waals surface area contributed by atoms with Gasteiger partial charge in [-0.05, 0) is 25.1 Å². The zero-order valence-corrected chi connectivity index (χ0v) is 17.4. The number of nitrogens with zero attached hydrogens (tertiary/aromatic N) is 3. The molecule has 8 nitrogen and oxygen atoms in total. The van der Waals surface area contributed by atoms with Crippen LogP contribution in [0.15, 0.2) is 59.4 Å². The first-order valence-electron chi connectivity index (χ1n) is 10.4. The molecule has 2 aromatic carbocycles. The Morgan fingerprint density at radius 2 is 1.65 bits per heavy atom. The maximum absolute atomic E-state index is 12.8. The van der Waals surface area contributed by atoms with Crippen molar-refractivity contribution in [2.45, 2.75) is 19.4 Å². The van der Waals surface area contributed by atoms with E-state index in [0.717, 1.165) is 18.8 Å². The van der Waals surface area contributed by atoms with E-state index >= 15 is 0 Å². The third kappa shape index (κ3) is 4.58. The highest BCUT2D eigenvalue weighted by Crippen LogP contribution is 2.16. The number of para-hydroxylation sites is 1. The van der Waals surface area contributed by atoms with E-state index in [2.05, 4.69) is 32.5 Å². The van der Waals surface area contributed by atoms with Gasteiger partial charge in [0.15, 0.2) is 0 Å². The number of piperazine rings is 1. The first-order valence-corrected chi connectivity index (χ1v) is 10.4. The summed E-state index contributed by atoms with van der Waals surface area (Å²) in [4.78, 5) is 41.3. The molecule has 1 atom stereocenters. The Morgan fingerprint density at radius 1 is 1.00 bits per heavy atom. The van der Waals surface area contributed by atoms with Crippen molar-refractivity contribution in [1.82, 2.24) is 20.4 Å². The first kappa shape index (κ1) is 20.6. The standard InChI is InChI=1S/C23H25N5O3/c1-16(23(31)28-13-11-27(12-14-28)17-7-3-2-4-8-17)24-21(29)15-20-18-9-5-6-10-19(18)22(30)26-25-20/h2-10,16H,11-15H2,1H3,(H,24,29)(H,26,30)/t16-/m0/s1. The number of hydrogen-bond donors (Lipinski definition) is 2. The zero-order chi connectivity index (χ0) is 21.8. The Balaban J connectivity index is 1.34. The van der Waals surface area contributed by atoms with Crippen molar-refractivity contribution in [2.24, 2.45) is 0 Å². The first-order chi connectivity index (χ1) is 15.0. The number of amides is 2. The molecule has 0 bridgehead atoms. The van der Waals surface area contributed by atoms with Gasteiger partial charge in [0.1, 0.15) is 6.04 Å². The molecule has 0 radical (unpaired) electrons. The Hall–Kier alpha value is -3.68. The van der Waals surface area contributed by atoms with Gasteiger partial charge in [-0.1, -0.05) is 36.4 Å². The van der Waals surface area contributed by atoms with Gasteiger partial charge in [-0.25, -0.2) is 5.10 Å². The summed E-state index contributed by atoms with van der Waals surface area (Å²) in [5.41, 5.74) is 1.33. The lowest BCUT2D eigenvalue weighted by Crippen LogP contribution is -2.54. The summed E-state index contributed by atoms with van der Waals surface area (Å²) in [5.74, 6) is -0.408. The SMILES string of the molecule is C[C@H](NC(=O)Cc1n[nH]c(=O)c2ccccc12)C(=O)N1CCN(c2ccccc2)CC1. The largest absolute Gasteiger partial charge is 0.368 e. The van der Waals surface area contributed by atoms with E-state index in [0.29, 0.717) is 29.6 Å². The van der Waals surface area contributed by atoms with E-state index in [1.54, 1.807) is 36.1 Å². The van der Waals surface area contributed by atoms with Crippen LogP contribution < -0.4 is 15.8 Å². The van der Waals surface area contributed by atoms with Crippen LogP contribution in [0, 0.1) is 0 Å². The number of carbonyl (C=O) groups excluding carboxylic acids is 2. The van der Waals surface area contributed by atoms with E-state index in [9.17, 15) is 14.4 Å². The summed E-state index contributed by atoms with van der Waals surface area (Å²) in [6, 6.07) is 16.5. The molecule has 31 heavy (non-hydrogen) atoms. The average molecular weight is 419 g/mol. The maximum Gasteiger partial charge on any atom is 0.272 e. The van der Waals surface area contributed by atoms with Crippen LogP contribution in [0.5, 0.6) is 0 Å². The van der Waals surface area contributed by atoms with Crippen molar-refractivity contribution in [2.75, 3.05) is 31.1 Å². The second-order valence-corrected chi connectivity index (χ2v) is 7.66. The van der Waals surface area contributed by atoms with Gasteiger partial charge in [0.2, 0.25) is 11.8 Å². The van der Waals surface area contributed by atoms with Crippen LogP contribution in [0.3, 0.4) is 0 Å². The van der Waals surface area contributed by atoms with Crippen LogP contribution in [0.4, 0.5) is 5.69 Å². The molecule has 8 heteroatoms. The van der Waals surface area contributed by atoms with Gasteiger partial charge in [-0.2, -0.15) is 5.10 Å². The van der Waals surface area contributed by atoms with Crippen LogP contribution in [-0.2, 0) is 16.0 Å². The van der Waals surface area contributed by atoms with E-state index < -0.39 is 6.04 Å². The summed E-state index contributed by atoms with van der Waals surface area (Å²) < 4.78 is 0. The average Bonchev–Trinajstić information content (AvgIpc) is 2.81. The molecule has 0 saturated carbocycles. The van der Waals surface area contributed by atoms with Gasteiger partial charge in [-0.3, -0.25) is 14.4 Å². The summed E-state index contributed by atoms with van der Waals surface area (Å²) in [5, 5.41) is 10.3. The number of H-pyrrole nitrogens is 1. The van der Waals surface area contributed by atoms with Crippen molar-refractivity contribution in [3.8, 4) is 0 Å². The monoisotopic (exact) mass is 419 g/mol. The highest BCUT2D eigenvalue weighted by Gasteiger charge is 2.26. The molecule has 0 unspecified atom stereocenters. The van der Waals surface area contributed by atoms with Crippen LogP contribution in [0.2, 0.25) is 0 Å². The fraction of sp³-hybridized carbons (Fsp3) is 0.304. The predicted octanol–water partition coefficient (Wildman–Crippen LogP) is 1.32. The molecular weight excluding hydrogens is 394 g/mol. The molecule has 0 aliphatic carbocycles. The number of aromatic nitrogens is 2. The lowest BCUT2D eigenvalue weighted by atomic mass is 10.1. The third-order valence-corrected chi connectivity index (χ3v) is 5.56. The van der Waals surface area contributed by atoms with Crippen molar-refractivity contribution in [3.63, 3.8) is 0 Å². The molecule has 1 saturated heterocycles. The molecule has 2 N–H and O–H groups in total. The number of fused-ring (bicyclic) bond motifs is 1. The molecule has 2 heterocycles. The van der Waals surface area contributed by atoms with Crippen molar-refractivity contribution >= 4 is 28.3 Å². The minimum atomic E-state index is -0.634. The molecule has 4 rings (SSSR count). The number of benzene rings is 2. The van der Waals surface area contributed by atoms with Gasteiger partial charge in [0, 0.05) is 37.3 Å². The minimum Gasteiger partial charge on any atom is -0.368 e. The summed E-state index contributed by atoms with van der Waals surface area (Å²) in [6.07, 6.45) is -0.0172. The number of anilines is 1. The summed E-state index contributed by atoms with van der Waals surface area (Å²) in [6.45, 7) is 4.43. The number of nitrogens with one attached hydrogen (secondary N) is 2. The second-order valence-electron chi connectivity index (χ2n) is 7.66. The van der Waals surface area contributed by atoms with Gasteiger partial charge < -0.3 is 15.1 Å². The Bertz CT molecular complexity index is 1140. The number of carbonyl (C=O) groups is 2. The third-order valence-electron chi connectivity index (χ3n) is 5.56. The maximum atomic E-state index is 12.8. The Kier molecular flexibility index (Phi) is 5.97. The number of rotatable bonds is 5. The zero-order valence-electron chi connectivity index (χ0n) is 17.4. The second kappa shape index (κ2) is 8.99. The van der Waals surface area contributed by atoms with E-state index in [1.807, 2.05) is 18.2 Å². The van der Waals surface area contributed by atoms with Gasteiger partial charge in [0.25, 0.3) is 5.56 Å². The molecule has 2 amide bonds. The molecule has 1 aliphatic rings. The quantitative estimate of drug-likeness (QED) is 0.650. The molecule has 1 aromatic heterocycles.